The maximum Gasteiger partial charge on any atom is 0.262 e. The van der Waals surface area contributed by atoms with Crippen LogP contribution in [0.3, 0.4) is 0 Å². The van der Waals surface area contributed by atoms with Crippen LogP contribution in [0.4, 0.5) is 17.5 Å². The zero-order valence-electron chi connectivity index (χ0n) is 16.7. The number of aliphatic hydroxyl groups excluding tert-OH is 1. The number of hydrogen-bond acceptors (Lipinski definition) is 7. The molecule has 0 saturated heterocycles. The zero-order chi connectivity index (χ0) is 20.4. The quantitative estimate of drug-likeness (QED) is 0.610. The van der Waals surface area contributed by atoms with E-state index in [2.05, 4.69) is 20.6 Å². The first-order valence-corrected chi connectivity index (χ1v) is 10.0. The number of anilines is 3. The Hall–Kier alpha value is -3.00. The van der Waals surface area contributed by atoms with Gasteiger partial charge in [-0.1, -0.05) is 0 Å². The predicted molar refractivity (Wildman–Crippen MR) is 114 cm³/mol. The maximum atomic E-state index is 13.2. The van der Waals surface area contributed by atoms with Gasteiger partial charge in [0.05, 0.1) is 17.7 Å². The average Bonchev–Trinajstić information content (AvgIpc) is 2.70. The third-order valence-electron chi connectivity index (χ3n) is 5.33. The van der Waals surface area contributed by atoms with Gasteiger partial charge in [0.2, 0.25) is 0 Å². The molecular formula is C21H26N6O2. The summed E-state index contributed by atoms with van der Waals surface area (Å²) in [5, 5.41) is 17.8. The molecule has 0 amide bonds. The molecule has 3 aromatic heterocycles. The lowest BCUT2D eigenvalue weighted by Crippen LogP contribution is -2.30. The second kappa shape index (κ2) is 8.16. The summed E-state index contributed by atoms with van der Waals surface area (Å²) in [6, 6.07) is 4.03. The lowest BCUT2D eigenvalue weighted by molar-refractivity contribution is 0.126. The molecule has 0 aromatic carbocycles. The second-order valence-electron chi connectivity index (χ2n) is 7.81. The molecule has 3 heterocycles. The molecule has 0 atom stereocenters. The van der Waals surface area contributed by atoms with Gasteiger partial charge in [0.25, 0.3) is 5.56 Å². The normalized spacial score (nSPS) is 19.4. The Kier molecular flexibility index (Phi) is 5.44. The molecule has 152 valence electrons. The molecule has 3 N–H and O–H groups in total. The first-order chi connectivity index (χ1) is 14.0. The highest BCUT2D eigenvalue weighted by molar-refractivity contribution is 5.93. The van der Waals surface area contributed by atoms with E-state index >= 15 is 0 Å². The van der Waals surface area contributed by atoms with Crippen LogP contribution in [0.2, 0.25) is 0 Å². The average molecular weight is 394 g/mol. The van der Waals surface area contributed by atoms with E-state index in [1.807, 2.05) is 32.2 Å². The van der Waals surface area contributed by atoms with Crippen LogP contribution < -0.4 is 16.2 Å². The summed E-state index contributed by atoms with van der Waals surface area (Å²) in [7, 11) is 0. The van der Waals surface area contributed by atoms with Crippen molar-refractivity contribution in [1.29, 1.82) is 0 Å². The summed E-state index contributed by atoms with van der Waals surface area (Å²) in [5.41, 5.74) is -0.0607. The topological polar surface area (TPSA) is 105 Å². The first-order valence-electron chi connectivity index (χ1n) is 10.0. The number of aromatic nitrogens is 4. The van der Waals surface area contributed by atoms with Crippen molar-refractivity contribution in [2.24, 2.45) is 0 Å². The largest absolute Gasteiger partial charge is 0.393 e. The Morgan fingerprint density at radius 1 is 1.17 bits per heavy atom. The van der Waals surface area contributed by atoms with E-state index in [-0.39, 0.29) is 23.7 Å². The van der Waals surface area contributed by atoms with Crippen molar-refractivity contribution in [2.75, 3.05) is 10.6 Å². The van der Waals surface area contributed by atoms with E-state index in [1.165, 1.54) is 0 Å². The van der Waals surface area contributed by atoms with Crippen LogP contribution in [0.25, 0.3) is 10.8 Å². The van der Waals surface area contributed by atoms with Crippen molar-refractivity contribution < 1.29 is 5.11 Å². The molecule has 0 bridgehead atoms. The van der Waals surface area contributed by atoms with Crippen LogP contribution in [-0.2, 0) is 0 Å². The molecule has 1 aliphatic rings. The summed E-state index contributed by atoms with van der Waals surface area (Å²) in [6.07, 6.45) is 9.62. The summed E-state index contributed by atoms with van der Waals surface area (Å²) < 4.78 is 1.72. The van der Waals surface area contributed by atoms with Gasteiger partial charge in [-0.15, -0.1) is 0 Å². The van der Waals surface area contributed by atoms with E-state index in [9.17, 15) is 9.90 Å². The van der Waals surface area contributed by atoms with Crippen molar-refractivity contribution in [3.05, 3.63) is 47.3 Å². The minimum atomic E-state index is -0.236. The third kappa shape index (κ3) is 4.22. The van der Waals surface area contributed by atoms with Crippen LogP contribution in [0, 0.1) is 0 Å². The molecule has 0 unspecified atom stereocenters. The molecule has 29 heavy (non-hydrogen) atoms. The Morgan fingerprint density at radius 3 is 2.66 bits per heavy atom. The van der Waals surface area contributed by atoms with Crippen molar-refractivity contribution in [3.63, 3.8) is 0 Å². The second-order valence-corrected chi connectivity index (χ2v) is 7.81. The Morgan fingerprint density at radius 2 is 1.97 bits per heavy atom. The highest BCUT2D eigenvalue weighted by Crippen LogP contribution is 2.27. The molecule has 0 radical (unpaired) electrons. The van der Waals surface area contributed by atoms with Crippen molar-refractivity contribution in [1.82, 2.24) is 19.5 Å². The van der Waals surface area contributed by atoms with Gasteiger partial charge in [0.1, 0.15) is 17.5 Å². The molecule has 4 rings (SSSR count). The van der Waals surface area contributed by atoms with Crippen LogP contribution in [0.15, 0.2) is 41.7 Å². The van der Waals surface area contributed by atoms with E-state index < -0.39 is 0 Å². The van der Waals surface area contributed by atoms with Crippen LogP contribution in [0.1, 0.15) is 45.6 Å². The molecule has 1 aliphatic carbocycles. The SMILES string of the molecule is CC(C)n1ccc2cc(Nc3cnccn3)nc(NC3CCC(O)CC3)c2c1=O. The van der Waals surface area contributed by atoms with Gasteiger partial charge in [0.15, 0.2) is 0 Å². The summed E-state index contributed by atoms with van der Waals surface area (Å²) in [5.74, 6) is 1.75. The maximum absolute atomic E-state index is 13.2. The van der Waals surface area contributed by atoms with Crippen molar-refractivity contribution in [3.8, 4) is 0 Å². The number of nitrogens with one attached hydrogen (secondary N) is 2. The van der Waals surface area contributed by atoms with E-state index in [0.717, 1.165) is 31.1 Å². The number of rotatable bonds is 5. The molecule has 1 fully saturated rings. The Bertz CT molecular complexity index is 1040. The smallest absolute Gasteiger partial charge is 0.262 e. The molecule has 0 spiro atoms. The highest BCUT2D eigenvalue weighted by Gasteiger charge is 2.22. The van der Waals surface area contributed by atoms with E-state index in [4.69, 9.17) is 4.98 Å². The standard InChI is InChI=1S/C21H26N6O2/c1-13(2)27-10-7-14-11-17(25-18-12-22-8-9-23-18)26-20(19(14)21(27)29)24-15-3-5-16(28)6-4-15/h7-13,15-16,28H,3-6H2,1-2H3,(H2,23,24,25,26). The van der Waals surface area contributed by atoms with E-state index in [0.29, 0.717) is 22.8 Å². The van der Waals surface area contributed by atoms with Gasteiger partial charge in [0, 0.05) is 30.7 Å². The Labute approximate surface area is 169 Å². The van der Waals surface area contributed by atoms with Gasteiger partial charge >= 0.3 is 0 Å². The molecule has 1 saturated carbocycles. The molecular weight excluding hydrogens is 368 g/mol. The number of aliphatic hydroxyl groups is 1. The van der Waals surface area contributed by atoms with Crippen LogP contribution >= 0.6 is 0 Å². The van der Waals surface area contributed by atoms with Gasteiger partial charge in [-0.2, -0.15) is 0 Å². The van der Waals surface area contributed by atoms with E-state index in [1.54, 1.807) is 23.2 Å². The predicted octanol–water partition coefficient (Wildman–Crippen LogP) is 3.23. The molecule has 8 nitrogen and oxygen atoms in total. The fraction of sp³-hybridized carbons (Fsp3) is 0.429. The zero-order valence-corrected chi connectivity index (χ0v) is 16.7. The van der Waals surface area contributed by atoms with Gasteiger partial charge < -0.3 is 20.3 Å². The number of fused-ring (bicyclic) bond motifs is 1. The monoisotopic (exact) mass is 394 g/mol. The molecule has 0 aliphatic heterocycles. The van der Waals surface area contributed by atoms with Crippen molar-refractivity contribution in [2.45, 2.75) is 57.7 Å². The summed E-state index contributed by atoms with van der Waals surface area (Å²) >= 11 is 0. The van der Waals surface area contributed by atoms with Crippen LogP contribution in [-0.4, -0.2) is 36.8 Å². The minimum Gasteiger partial charge on any atom is -0.393 e. The number of pyridine rings is 2. The lowest BCUT2D eigenvalue weighted by Gasteiger charge is -2.27. The molecule has 8 heteroatoms. The first kappa shape index (κ1) is 19.3. The number of nitrogens with zero attached hydrogens (tertiary/aromatic N) is 4. The Balaban J connectivity index is 1.77. The van der Waals surface area contributed by atoms with Gasteiger partial charge in [-0.25, -0.2) is 9.97 Å². The summed E-state index contributed by atoms with van der Waals surface area (Å²) in [4.78, 5) is 26.2. The highest BCUT2D eigenvalue weighted by atomic mass is 16.3. The van der Waals surface area contributed by atoms with Gasteiger partial charge in [-0.3, -0.25) is 9.78 Å². The van der Waals surface area contributed by atoms with Crippen molar-refractivity contribution >= 4 is 28.2 Å². The molecule has 3 aromatic rings. The fourth-order valence-corrected chi connectivity index (χ4v) is 3.76. The summed E-state index contributed by atoms with van der Waals surface area (Å²) in [6.45, 7) is 3.97. The fourth-order valence-electron chi connectivity index (χ4n) is 3.76. The lowest BCUT2D eigenvalue weighted by atomic mass is 9.93. The number of hydrogen-bond donors (Lipinski definition) is 3. The van der Waals surface area contributed by atoms with Crippen LogP contribution in [0.5, 0.6) is 0 Å². The van der Waals surface area contributed by atoms with Gasteiger partial charge in [-0.05, 0) is 57.0 Å². The third-order valence-corrected chi connectivity index (χ3v) is 5.33. The minimum absolute atomic E-state index is 0.0574.